The Hall–Kier alpha value is -2.13. The van der Waals surface area contributed by atoms with Crippen LogP contribution in [0.25, 0.3) is 0 Å². The van der Waals surface area contributed by atoms with Gasteiger partial charge in [-0.1, -0.05) is 55.0 Å². The molecule has 0 bridgehead atoms. The SMILES string of the molecule is Cc1cc(C)c(C(=O)OCCC(C)COCc2ccccc2)c(C)c1. The van der Waals surface area contributed by atoms with Gasteiger partial charge < -0.3 is 9.47 Å². The molecule has 0 aliphatic rings. The van der Waals surface area contributed by atoms with Crippen LogP contribution in [0, 0.1) is 26.7 Å². The molecule has 1 unspecified atom stereocenters. The van der Waals surface area contributed by atoms with Crippen molar-refractivity contribution in [2.75, 3.05) is 13.2 Å². The van der Waals surface area contributed by atoms with Gasteiger partial charge in [-0.3, -0.25) is 0 Å². The van der Waals surface area contributed by atoms with Gasteiger partial charge in [0.2, 0.25) is 0 Å². The summed E-state index contributed by atoms with van der Waals surface area (Å²) in [5.41, 5.74) is 4.98. The van der Waals surface area contributed by atoms with Gasteiger partial charge in [0.25, 0.3) is 0 Å². The second-order valence-electron chi connectivity index (χ2n) is 6.80. The molecule has 3 heteroatoms. The molecule has 0 radical (unpaired) electrons. The van der Waals surface area contributed by atoms with Crippen molar-refractivity contribution in [2.24, 2.45) is 5.92 Å². The molecule has 0 aliphatic heterocycles. The van der Waals surface area contributed by atoms with Crippen molar-refractivity contribution in [3.63, 3.8) is 0 Å². The third kappa shape index (κ3) is 6.02. The van der Waals surface area contributed by atoms with E-state index in [-0.39, 0.29) is 5.97 Å². The van der Waals surface area contributed by atoms with Gasteiger partial charge in [0.15, 0.2) is 0 Å². The Morgan fingerprint density at radius 1 is 1.04 bits per heavy atom. The molecule has 0 heterocycles. The highest BCUT2D eigenvalue weighted by molar-refractivity contribution is 5.92. The molecule has 0 spiro atoms. The van der Waals surface area contributed by atoms with Gasteiger partial charge >= 0.3 is 5.97 Å². The van der Waals surface area contributed by atoms with Gasteiger partial charge in [-0.25, -0.2) is 4.79 Å². The minimum atomic E-state index is -0.229. The fraction of sp³-hybridized carbons (Fsp3) is 0.409. The van der Waals surface area contributed by atoms with E-state index in [1.165, 1.54) is 5.56 Å². The summed E-state index contributed by atoms with van der Waals surface area (Å²) >= 11 is 0. The van der Waals surface area contributed by atoms with Gasteiger partial charge in [-0.05, 0) is 49.8 Å². The van der Waals surface area contributed by atoms with E-state index in [2.05, 4.69) is 19.1 Å². The van der Waals surface area contributed by atoms with Crippen LogP contribution in [0.3, 0.4) is 0 Å². The molecule has 0 aromatic heterocycles. The maximum Gasteiger partial charge on any atom is 0.338 e. The average Bonchev–Trinajstić information content (AvgIpc) is 2.55. The van der Waals surface area contributed by atoms with Gasteiger partial charge in [0, 0.05) is 6.61 Å². The fourth-order valence-electron chi connectivity index (χ4n) is 2.96. The number of benzene rings is 2. The normalized spacial score (nSPS) is 12.0. The van der Waals surface area contributed by atoms with E-state index in [1.54, 1.807) is 0 Å². The van der Waals surface area contributed by atoms with E-state index in [0.717, 1.165) is 23.1 Å². The Kier molecular flexibility index (Phi) is 7.20. The number of carbonyl (C=O) groups is 1. The lowest BCUT2D eigenvalue weighted by atomic mass is 10.00. The van der Waals surface area contributed by atoms with Gasteiger partial charge in [-0.2, -0.15) is 0 Å². The Morgan fingerprint density at radius 2 is 1.68 bits per heavy atom. The third-order valence-corrected chi connectivity index (χ3v) is 4.24. The molecule has 0 N–H and O–H groups in total. The molecule has 0 saturated carbocycles. The number of carbonyl (C=O) groups excluding carboxylic acids is 1. The van der Waals surface area contributed by atoms with E-state index < -0.39 is 0 Å². The van der Waals surface area contributed by atoms with E-state index in [1.807, 2.05) is 51.1 Å². The highest BCUT2D eigenvalue weighted by atomic mass is 16.5. The van der Waals surface area contributed by atoms with Crippen LogP contribution in [-0.4, -0.2) is 19.2 Å². The standard InChI is InChI=1S/C22H28O3/c1-16(14-24-15-20-8-6-5-7-9-20)10-11-25-22(23)21-18(3)12-17(2)13-19(21)4/h5-9,12-13,16H,10-11,14-15H2,1-4H3. The minimum absolute atomic E-state index is 0.229. The summed E-state index contributed by atoms with van der Waals surface area (Å²) in [4.78, 5) is 12.3. The molecular formula is C22H28O3. The molecule has 2 rings (SSSR count). The van der Waals surface area contributed by atoms with E-state index in [0.29, 0.717) is 31.3 Å². The first-order chi connectivity index (χ1) is 12.0. The minimum Gasteiger partial charge on any atom is -0.462 e. The predicted molar refractivity (Wildman–Crippen MR) is 101 cm³/mol. The van der Waals surface area contributed by atoms with Gasteiger partial charge in [0.1, 0.15) is 0 Å². The number of hydrogen-bond donors (Lipinski definition) is 0. The molecule has 0 saturated heterocycles. The summed E-state index contributed by atoms with van der Waals surface area (Å²) in [5, 5.41) is 0. The zero-order valence-corrected chi connectivity index (χ0v) is 15.7. The van der Waals surface area contributed by atoms with Crippen LogP contribution in [-0.2, 0) is 16.1 Å². The summed E-state index contributed by atoms with van der Waals surface area (Å²) < 4.78 is 11.2. The Balaban J connectivity index is 1.72. The Bertz CT molecular complexity index is 669. The van der Waals surface area contributed by atoms with E-state index >= 15 is 0 Å². The van der Waals surface area contributed by atoms with Crippen molar-refractivity contribution in [1.82, 2.24) is 0 Å². The van der Waals surface area contributed by atoms with Crippen LogP contribution in [0.1, 0.15) is 46.0 Å². The lowest BCUT2D eigenvalue weighted by molar-refractivity contribution is 0.0427. The summed E-state index contributed by atoms with van der Waals surface area (Å²) in [6, 6.07) is 14.2. The largest absolute Gasteiger partial charge is 0.462 e. The Labute approximate surface area is 151 Å². The smallest absolute Gasteiger partial charge is 0.338 e. The first-order valence-corrected chi connectivity index (χ1v) is 8.84. The summed E-state index contributed by atoms with van der Waals surface area (Å²) in [6.07, 6.45) is 0.796. The van der Waals surface area contributed by atoms with Crippen molar-refractivity contribution < 1.29 is 14.3 Å². The fourth-order valence-corrected chi connectivity index (χ4v) is 2.96. The average molecular weight is 340 g/mol. The molecule has 134 valence electrons. The molecule has 3 nitrogen and oxygen atoms in total. The Morgan fingerprint density at radius 3 is 2.32 bits per heavy atom. The molecule has 0 amide bonds. The number of ether oxygens (including phenoxy) is 2. The number of hydrogen-bond acceptors (Lipinski definition) is 3. The van der Waals surface area contributed by atoms with Crippen molar-refractivity contribution in [3.05, 3.63) is 70.3 Å². The van der Waals surface area contributed by atoms with Gasteiger partial charge in [-0.15, -0.1) is 0 Å². The lowest BCUT2D eigenvalue weighted by Gasteiger charge is -2.14. The maximum absolute atomic E-state index is 12.3. The lowest BCUT2D eigenvalue weighted by Crippen LogP contribution is -2.14. The van der Waals surface area contributed by atoms with Crippen LogP contribution in [0.4, 0.5) is 0 Å². The summed E-state index contributed by atoms with van der Waals surface area (Å²) in [5.74, 6) is 0.115. The van der Waals surface area contributed by atoms with Crippen LogP contribution >= 0.6 is 0 Å². The van der Waals surface area contributed by atoms with Crippen molar-refractivity contribution >= 4 is 5.97 Å². The first kappa shape index (κ1) is 19.2. The zero-order valence-electron chi connectivity index (χ0n) is 15.7. The van der Waals surface area contributed by atoms with Crippen LogP contribution in [0.15, 0.2) is 42.5 Å². The molecule has 0 fully saturated rings. The molecule has 25 heavy (non-hydrogen) atoms. The third-order valence-electron chi connectivity index (χ3n) is 4.24. The van der Waals surface area contributed by atoms with E-state index in [9.17, 15) is 4.79 Å². The monoisotopic (exact) mass is 340 g/mol. The zero-order chi connectivity index (χ0) is 18.2. The van der Waals surface area contributed by atoms with Crippen molar-refractivity contribution in [2.45, 2.75) is 40.7 Å². The van der Waals surface area contributed by atoms with E-state index in [4.69, 9.17) is 9.47 Å². The highest BCUT2D eigenvalue weighted by Gasteiger charge is 2.14. The second kappa shape index (κ2) is 9.38. The van der Waals surface area contributed by atoms with Crippen molar-refractivity contribution in [1.29, 1.82) is 0 Å². The summed E-state index contributed by atoms with van der Waals surface area (Å²) in [7, 11) is 0. The molecule has 0 aliphatic carbocycles. The molecule has 2 aromatic carbocycles. The van der Waals surface area contributed by atoms with Crippen LogP contribution < -0.4 is 0 Å². The highest BCUT2D eigenvalue weighted by Crippen LogP contribution is 2.18. The molecule has 1 atom stereocenters. The second-order valence-corrected chi connectivity index (χ2v) is 6.80. The molecular weight excluding hydrogens is 312 g/mol. The van der Waals surface area contributed by atoms with Gasteiger partial charge in [0.05, 0.1) is 18.8 Å². The number of esters is 1. The van der Waals surface area contributed by atoms with Crippen LogP contribution in [0.5, 0.6) is 0 Å². The van der Waals surface area contributed by atoms with Crippen molar-refractivity contribution in [3.8, 4) is 0 Å². The van der Waals surface area contributed by atoms with Crippen LogP contribution in [0.2, 0.25) is 0 Å². The first-order valence-electron chi connectivity index (χ1n) is 8.84. The number of aryl methyl sites for hydroxylation is 3. The predicted octanol–water partition coefficient (Wildman–Crippen LogP) is 5.01. The quantitative estimate of drug-likeness (QED) is 0.634. The molecule has 2 aromatic rings. The topological polar surface area (TPSA) is 35.5 Å². The number of rotatable bonds is 8. The maximum atomic E-state index is 12.3. The summed E-state index contributed by atoms with van der Waals surface area (Å²) in [6.45, 7) is 9.75.